The summed E-state index contributed by atoms with van der Waals surface area (Å²) in [5.41, 5.74) is 5.00. The predicted molar refractivity (Wildman–Crippen MR) is 87.6 cm³/mol. The third-order valence-electron chi connectivity index (χ3n) is 3.84. The van der Waals surface area contributed by atoms with Crippen LogP contribution >= 0.6 is 0 Å². The standard InChI is InChI=1S/C19H16N2/c1-3-10-17(11-4-1)20-15-16-9-7-8-14-19(16)21(20)18-12-5-2-6-13-18/h1-14H,15H2. The highest BCUT2D eigenvalue weighted by molar-refractivity contribution is 5.76. The highest BCUT2D eigenvalue weighted by atomic mass is 15.6. The molecular weight excluding hydrogens is 256 g/mol. The molecule has 0 saturated heterocycles. The fourth-order valence-electron chi connectivity index (χ4n) is 2.87. The number of hydrazine groups is 1. The van der Waals surface area contributed by atoms with Crippen LogP contribution in [0.2, 0.25) is 0 Å². The van der Waals surface area contributed by atoms with Gasteiger partial charge in [-0.15, -0.1) is 0 Å². The molecule has 0 bridgehead atoms. The molecule has 0 amide bonds. The number of hydrogen-bond donors (Lipinski definition) is 0. The summed E-state index contributed by atoms with van der Waals surface area (Å²) in [5, 5.41) is 4.62. The summed E-state index contributed by atoms with van der Waals surface area (Å²) in [6.45, 7) is 0.898. The van der Waals surface area contributed by atoms with E-state index < -0.39 is 0 Å². The number of anilines is 3. The van der Waals surface area contributed by atoms with E-state index in [0.717, 1.165) is 6.54 Å². The molecule has 0 aliphatic carbocycles. The molecule has 0 unspecified atom stereocenters. The molecular formula is C19H16N2. The molecule has 4 rings (SSSR count). The summed E-state index contributed by atoms with van der Waals surface area (Å²) < 4.78 is 0. The normalized spacial score (nSPS) is 13.3. The Labute approximate surface area is 124 Å². The molecule has 3 aromatic rings. The van der Waals surface area contributed by atoms with Crippen LogP contribution in [0.5, 0.6) is 0 Å². The van der Waals surface area contributed by atoms with Crippen LogP contribution in [0.1, 0.15) is 5.56 Å². The lowest BCUT2D eigenvalue weighted by Crippen LogP contribution is -2.33. The van der Waals surface area contributed by atoms with Crippen molar-refractivity contribution < 1.29 is 0 Å². The molecule has 0 fully saturated rings. The summed E-state index contributed by atoms with van der Waals surface area (Å²) in [6.07, 6.45) is 0. The van der Waals surface area contributed by atoms with Gasteiger partial charge < -0.3 is 0 Å². The van der Waals surface area contributed by atoms with Gasteiger partial charge in [0.25, 0.3) is 0 Å². The Morgan fingerprint density at radius 3 is 1.86 bits per heavy atom. The van der Waals surface area contributed by atoms with E-state index in [1.165, 1.54) is 22.6 Å². The van der Waals surface area contributed by atoms with Gasteiger partial charge in [-0.05, 0) is 35.9 Å². The second-order valence-electron chi connectivity index (χ2n) is 5.17. The van der Waals surface area contributed by atoms with Gasteiger partial charge in [-0.3, -0.25) is 10.0 Å². The van der Waals surface area contributed by atoms with Gasteiger partial charge in [0, 0.05) is 0 Å². The van der Waals surface area contributed by atoms with Gasteiger partial charge in [0.1, 0.15) is 0 Å². The van der Waals surface area contributed by atoms with E-state index in [9.17, 15) is 0 Å². The smallest absolute Gasteiger partial charge is 0.0683 e. The Hall–Kier alpha value is -2.74. The van der Waals surface area contributed by atoms with Crippen molar-refractivity contribution in [3.8, 4) is 0 Å². The van der Waals surface area contributed by atoms with Gasteiger partial charge in [-0.2, -0.15) is 0 Å². The van der Waals surface area contributed by atoms with E-state index in [-0.39, 0.29) is 0 Å². The molecule has 2 heteroatoms. The predicted octanol–water partition coefficient (Wildman–Crippen LogP) is 4.76. The Morgan fingerprint density at radius 1 is 0.571 bits per heavy atom. The van der Waals surface area contributed by atoms with Gasteiger partial charge >= 0.3 is 0 Å². The van der Waals surface area contributed by atoms with Crippen LogP contribution < -0.4 is 10.0 Å². The van der Waals surface area contributed by atoms with Crippen LogP contribution in [0.4, 0.5) is 17.1 Å². The zero-order valence-electron chi connectivity index (χ0n) is 11.7. The van der Waals surface area contributed by atoms with Crippen molar-refractivity contribution in [2.24, 2.45) is 0 Å². The van der Waals surface area contributed by atoms with E-state index in [1.54, 1.807) is 0 Å². The fourth-order valence-corrected chi connectivity index (χ4v) is 2.87. The van der Waals surface area contributed by atoms with Gasteiger partial charge in [-0.25, -0.2) is 0 Å². The van der Waals surface area contributed by atoms with E-state index in [2.05, 4.69) is 94.9 Å². The van der Waals surface area contributed by atoms with Crippen LogP contribution in [0.15, 0.2) is 84.9 Å². The first-order valence-electron chi connectivity index (χ1n) is 7.19. The second kappa shape index (κ2) is 4.98. The molecule has 21 heavy (non-hydrogen) atoms. The lowest BCUT2D eigenvalue weighted by molar-refractivity contribution is 0.877. The largest absolute Gasteiger partial charge is 0.276 e. The van der Waals surface area contributed by atoms with Crippen molar-refractivity contribution in [1.29, 1.82) is 0 Å². The zero-order valence-corrected chi connectivity index (χ0v) is 11.7. The summed E-state index contributed by atoms with van der Waals surface area (Å²) in [7, 11) is 0. The van der Waals surface area contributed by atoms with Crippen LogP contribution in [-0.4, -0.2) is 0 Å². The van der Waals surface area contributed by atoms with Gasteiger partial charge in [-0.1, -0.05) is 54.6 Å². The third kappa shape index (κ3) is 2.05. The molecule has 2 nitrogen and oxygen atoms in total. The van der Waals surface area contributed by atoms with Crippen LogP contribution in [0, 0.1) is 0 Å². The van der Waals surface area contributed by atoms with Crippen molar-refractivity contribution in [2.75, 3.05) is 10.0 Å². The first-order valence-corrected chi connectivity index (χ1v) is 7.19. The zero-order chi connectivity index (χ0) is 14.1. The molecule has 0 N–H and O–H groups in total. The Morgan fingerprint density at radius 2 is 1.14 bits per heavy atom. The Balaban J connectivity index is 1.85. The summed E-state index contributed by atoms with van der Waals surface area (Å²) in [6, 6.07) is 29.7. The van der Waals surface area contributed by atoms with E-state index in [0.29, 0.717) is 0 Å². The van der Waals surface area contributed by atoms with Crippen molar-refractivity contribution in [1.82, 2.24) is 0 Å². The highest BCUT2D eigenvalue weighted by Gasteiger charge is 2.28. The maximum atomic E-state index is 2.32. The van der Waals surface area contributed by atoms with Crippen molar-refractivity contribution in [3.05, 3.63) is 90.5 Å². The number of hydrogen-bond acceptors (Lipinski definition) is 2. The summed E-state index contributed by atoms with van der Waals surface area (Å²) in [5.74, 6) is 0. The molecule has 0 radical (unpaired) electrons. The average Bonchev–Trinajstić information content (AvgIpc) is 2.96. The van der Waals surface area contributed by atoms with Gasteiger partial charge in [0.15, 0.2) is 0 Å². The van der Waals surface area contributed by atoms with Crippen molar-refractivity contribution in [2.45, 2.75) is 6.54 Å². The van der Waals surface area contributed by atoms with Crippen LogP contribution in [-0.2, 0) is 6.54 Å². The minimum atomic E-state index is 0.898. The molecule has 1 heterocycles. The maximum Gasteiger partial charge on any atom is 0.0683 e. The third-order valence-corrected chi connectivity index (χ3v) is 3.84. The molecule has 0 atom stereocenters. The average molecular weight is 272 g/mol. The van der Waals surface area contributed by atoms with E-state index >= 15 is 0 Å². The topological polar surface area (TPSA) is 6.48 Å². The van der Waals surface area contributed by atoms with E-state index in [4.69, 9.17) is 0 Å². The molecule has 1 aliphatic heterocycles. The Kier molecular flexibility index (Phi) is 2.86. The minimum absolute atomic E-state index is 0.898. The first kappa shape index (κ1) is 12.0. The number of benzene rings is 3. The van der Waals surface area contributed by atoms with Crippen molar-refractivity contribution in [3.63, 3.8) is 0 Å². The molecule has 1 aliphatic rings. The molecule has 0 aromatic heterocycles. The van der Waals surface area contributed by atoms with Crippen LogP contribution in [0.3, 0.4) is 0 Å². The van der Waals surface area contributed by atoms with Gasteiger partial charge in [0.2, 0.25) is 0 Å². The number of para-hydroxylation sites is 3. The van der Waals surface area contributed by atoms with E-state index in [1.807, 2.05) is 0 Å². The number of nitrogens with zero attached hydrogens (tertiary/aromatic N) is 2. The molecule has 0 spiro atoms. The lowest BCUT2D eigenvalue weighted by Gasteiger charge is -2.32. The Bertz CT molecular complexity index is 738. The molecule has 3 aromatic carbocycles. The minimum Gasteiger partial charge on any atom is -0.276 e. The maximum absolute atomic E-state index is 2.32. The molecule has 102 valence electrons. The second-order valence-corrected chi connectivity index (χ2v) is 5.17. The number of rotatable bonds is 2. The quantitative estimate of drug-likeness (QED) is 0.663. The van der Waals surface area contributed by atoms with Gasteiger partial charge in [0.05, 0.1) is 23.6 Å². The SMILES string of the molecule is c1ccc(N2Cc3ccccc3N2c2ccccc2)cc1. The van der Waals surface area contributed by atoms with Crippen molar-refractivity contribution >= 4 is 17.1 Å². The lowest BCUT2D eigenvalue weighted by atomic mass is 10.2. The monoisotopic (exact) mass is 272 g/mol. The summed E-state index contributed by atoms with van der Waals surface area (Å²) >= 11 is 0. The summed E-state index contributed by atoms with van der Waals surface area (Å²) in [4.78, 5) is 0. The highest BCUT2D eigenvalue weighted by Crippen LogP contribution is 2.39. The van der Waals surface area contributed by atoms with Crippen LogP contribution in [0.25, 0.3) is 0 Å². The molecule has 0 saturated carbocycles. The fraction of sp³-hybridized carbons (Fsp3) is 0.0526. The number of fused-ring (bicyclic) bond motifs is 1. The first-order chi connectivity index (χ1) is 10.4.